The van der Waals surface area contributed by atoms with E-state index in [1.807, 2.05) is 25.1 Å². The minimum Gasteiger partial charge on any atom is -0.337 e. The molecule has 0 atom stereocenters. The maximum absolute atomic E-state index is 12.8. The number of carbonyl (C=O) groups is 1. The van der Waals surface area contributed by atoms with Crippen molar-refractivity contribution in [2.45, 2.75) is 18.4 Å². The minimum absolute atomic E-state index is 0.163. The van der Waals surface area contributed by atoms with Gasteiger partial charge in [0.2, 0.25) is 0 Å². The first kappa shape index (κ1) is 20.9. The normalized spacial score (nSPS) is 11.1. The van der Waals surface area contributed by atoms with Crippen LogP contribution in [-0.2, 0) is 16.6 Å². The summed E-state index contributed by atoms with van der Waals surface area (Å²) in [7, 11) is -2.06. The lowest BCUT2D eigenvalue weighted by molar-refractivity contribution is 0.0785. The summed E-state index contributed by atoms with van der Waals surface area (Å²) in [6.45, 7) is 2.23. The Morgan fingerprint density at radius 1 is 1.00 bits per heavy atom. The first-order valence-corrected chi connectivity index (χ1v) is 10.8. The van der Waals surface area contributed by atoms with Gasteiger partial charge in [0.15, 0.2) is 0 Å². The molecule has 3 aromatic rings. The molecule has 0 aromatic heterocycles. The molecule has 29 heavy (non-hydrogen) atoms. The number of benzene rings is 3. The van der Waals surface area contributed by atoms with Crippen LogP contribution in [-0.4, -0.2) is 26.3 Å². The van der Waals surface area contributed by atoms with Gasteiger partial charge in [-0.3, -0.25) is 9.52 Å². The number of nitrogens with one attached hydrogen (secondary N) is 1. The van der Waals surface area contributed by atoms with Crippen LogP contribution < -0.4 is 4.72 Å². The number of hydrogen-bond acceptors (Lipinski definition) is 3. The van der Waals surface area contributed by atoms with Crippen LogP contribution in [0.3, 0.4) is 0 Å². The highest BCUT2D eigenvalue weighted by atomic mass is 35.5. The molecule has 150 valence electrons. The van der Waals surface area contributed by atoms with Gasteiger partial charge in [0.1, 0.15) is 0 Å². The number of amides is 1. The Balaban J connectivity index is 1.77. The molecule has 7 heteroatoms. The molecule has 1 N–H and O–H groups in total. The van der Waals surface area contributed by atoms with Crippen molar-refractivity contribution >= 4 is 33.2 Å². The summed E-state index contributed by atoms with van der Waals surface area (Å²) in [5.41, 5.74) is 2.51. The summed E-state index contributed by atoms with van der Waals surface area (Å²) < 4.78 is 27.7. The smallest absolute Gasteiger partial charge is 0.261 e. The second kappa shape index (κ2) is 8.68. The predicted molar refractivity (Wildman–Crippen MR) is 116 cm³/mol. The van der Waals surface area contributed by atoms with Gasteiger partial charge < -0.3 is 4.90 Å². The van der Waals surface area contributed by atoms with E-state index in [4.69, 9.17) is 11.6 Å². The van der Waals surface area contributed by atoms with E-state index in [-0.39, 0.29) is 10.8 Å². The molecule has 0 radical (unpaired) electrons. The lowest BCUT2D eigenvalue weighted by Crippen LogP contribution is -2.26. The van der Waals surface area contributed by atoms with Crippen LogP contribution in [0.25, 0.3) is 0 Å². The van der Waals surface area contributed by atoms with E-state index >= 15 is 0 Å². The Morgan fingerprint density at radius 3 is 2.38 bits per heavy atom. The van der Waals surface area contributed by atoms with Gasteiger partial charge in [-0.15, -0.1) is 0 Å². The number of hydrogen-bond donors (Lipinski definition) is 1. The summed E-state index contributed by atoms with van der Waals surface area (Å²) in [5, 5.41) is 0.590. The molecule has 3 aromatic carbocycles. The zero-order valence-electron chi connectivity index (χ0n) is 16.1. The van der Waals surface area contributed by atoms with Gasteiger partial charge in [0, 0.05) is 29.9 Å². The van der Waals surface area contributed by atoms with Crippen molar-refractivity contribution in [3.05, 3.63) is 94.5 Å². The molecule has 0 aliphatic carbocycles. The molecule has 0 aliphatic heterocycles. The Morgan fingerprint density at radius 2 is 1.69 bits per heavy atom. The van der Waals surface area contributed by atoms with Crippen molar-refractivity contribution in [3.8, 4) is 0 Å². The maximum Gasteiger partial charge on any atom is 0.261 e. The summed E-state index contributed by atoms with van der Waals surface area (Å²) in [5.74, 6) is -0.235. The van der Waals surface area contributed by atoms with E-state index in [0.29, 0.717) is 22.8 Å². The van der Waals surface area contributed by atoms with Crippen molar-refractivity contribution in [1.29, 1.82) is 0 Å². The molecule has 3 rings (SSSR count). The number of rotatable bonds is 6. The molecule has 0 fully saturated rings. The van der Waals surface area contributed by atoms with Crippen LogP contribution in [0.5, 0.6) is 0 Å². The highest BCUT2D eigenvalue weighted by molar-refractivity contribution is 7.92. The molecule has 5 nitrogen and oxygen atoms in total. The number of nitrogens with zero attached hydrogens (tertiary/aromatic N) is 1. The summed E-state index contributed by atoms with van der Waals surface area (Å²) in [6, 6.07) is 20.3. The third kappa shape index (κ3) is 5.16. The first-order chi connectivity index (χ1) is 13.8. The Bertz CT molecular complexity index is 1130. The largest absolute Gasteiger partial charge is 0.337 e. The van der Waals surface area contributed by atoms with Gasteiger partial charge in [0.25, 0.3) is 15.9 Å². The second-order valence-electron chi connectivity index (χ2n) is 6.75. The van der Waals surface area contributed by atoms with E-state index in [1.54, 1.807) is 55.6 Å². The number of halogens is 1. The van der Waals surface area contributed by atoms with E-state index in [9.17, 15) is 13.2 Å². The Kier molecular flexibility index (Phi) is 6.25. The maximum atomic E-state index is 12.8. The topological polar surface area (TPSA) is 66.5 Å². The molecule has 0 heterocycles. The molecule has 0 aliphatic rings. The van der Waals surface area contributed by atoms with Crippen LogP contribution in [0.1, 0.15) is 21.5 Å². The first-order valence-electron chi connectivity index (χ1n) is 8.95. The van der Waals surface area contributed by atoms with Crippen LogP contribution in [0.2, 0.25) is 5.02 Å². The lowest BCUT2D eigenvalue weighted by Gasteiger charge is -2.18. The number of aryl methyl sites for hydroxylation is 1. The number of carbonyl (C=O) groups excluding carboxylic acids is 1. The predicted octanol–water partition coefficient (Wildman–Crippen LogP) is 4.72. The van der Waals surface area contributed by atoms with Gasteiger partial charge in [-0.1, -0.05) is 53.6 Å². The van der Waals surface area contributed by atoms with Crippen LogP contribution in [0.4, 0.5) is 5.69 Å². The average molecular weight is 429 g/mol. The van der Waals surface area contributed by atoms with Crippen molar-refractivity contribution in [3.63, 3.8) is 0 Å². The lowest BCUT2D eigenvalue weighted by atomic mass is 10.1. The fourth-order valence-electron chi connectivity index (χ4n) is 2.82. The molecular formula is C22H21ClN2O3S. The van der Waals surface area contributed by atoms with Gasteiger partial charge in [-0.05, 0) is 48.9 Å². The molecule has 0 unspecified atom stereocenters. The summed E-state index contributed by atoms with van der Waals surface area (Å²) >= 11 is 6.17. The quantitative estimate of drug-likeness (QED) is 0.617. The SMILES string of the molecule is Cc1ccc(S(=O)(=O)Nc2cccc(C(=O)N(C)Cc3ccccc3Cl)c2)cc1. The standard InChI is InChI=1S/C22H21ClN2O3S/c1-16-10-12-20(13-11-16)29(27,28)24-19-8-5-7-17(14-19)22(26)25(2)15-18-6-3-4-9-21(18)23/h3-14,24H,15H2,1-2H3. The van der Waals surface area contributed by atoms with E-state index in [1.165, 1.54) is 11.0 Å². The van der Waals surface area contributed by atoms with Crippen LogP contribution >= 0.6 is 11.6 Å². The zero-order valence-corrected chi connectivity index (χ0v) is 17.7. The Hall–Kier alpha value is -2.83. The molecular weight excluding hydrogens is 408 g/mol. The van der Waals surface area contributed by atoms with Gasteiger partial charge in [0.05, 0.1) is 4.90 Å². The second-order valence-corrected chi connectivity index (χ2v) is 8.84. The fourth-order valence-corrected chi connectivity index (χ4v) is 4.07. The van der Waals surface area contributed by atoms with Crippen LogP contribution in [0, 0.1) is 6.92 Å². The zero-order chi connectivity index (χ0) is 21.0. The third-order valence-electron chi connectivity index (χ3n) is 4.41. The monoisotopic (exact) mass is 428 g/mol. The third-order valence-corrected chi connectivity index (χ3v) is 6.17. The van der Waals surface area contributed by atoms with E-state index < -0.39 is 10.0 Å². The summed E-state index contributed by atoms with van der Waals surface area (Å²) in [4.78, 5) is 14.5. The van der Waals surface area contributed by atoms with Gasteiger partial charge in [-0.2, -0.15) is 0 Å². The van der Waals surface area contributed by atoms with Gasteiger partial charge in [-0.25, -0.2) is 8.42 Å². The van der Waals surface area contributed by atoms with Crippen molar-refractivity contribution in [1.82, 2.24) is 4.90 Å². The molecule has 0 spiro atoms. The average Bonchev–Trinajstić information content (AvgIpc) is 2.69. The van der Waals surface area contributed by atoms with E-state index in [0.717, 1.165) is 11.1 Å². The van der Waals surface area contributed by atoms with Crippen molar-refractivity contribution < 1.29 is 13.2 Å². The number of sulfonamides is 1. The highest BCUT2D eigenvalue weighted by Gasteiger charge is 2.17. The van der Waals surface area contributed by atoms with Crippen molar-refractivity contribution in [2.24, 2.45) is 0 Å². The number of anilines is 1. The molecule has 0 saturated heterocycles. The minimum atomic E-state index is -3.74. The van der Waals surface area contributed by atoms with Crippen LogP contribution in [0.15, 0.2) is 77.7 Å². The van der Waals surface area contributed by atoms with Crippen molar-refractivity contribution in [2.75, 3.05) is 11.8 Å². The van der Waals surface area contributed by atoms with Gasteiger partial charge >= 0.3 is 0 Å². The molecule has 0 bridgehead atoms. The molecule has 0 saturated carbocycles. The summed E-state index contributed by atoms with van der Waals surface area (Å²) in [6.07, 6.45) is 0. The molecule has 1 amide bonds. The highest BCUT2D eigenvalue weighted by Crippen LogP contribution is 2.20. The van der Waals surface area contributed by atoms with E-state index in [2.05, 4.69) is 4.72 Å². The fraction of sp³-hybridized carbons (Fsp3) is 0.136. The Labute approximate surface area is 176 Å².